The van der Waals surface area contributed by atoms with Crippen molar-refractivity contribution in [3.8, 4) is 0 Å². The second-order valence-corrected chi connectivity index (χ2v) is 5.67. The number of piperazine rings is 1. The van der Waals surface area contributed by atoms with E-state index in [0.717, 1.165) is 38.3 Å². The maximum atomic E-state index is 12.4. The van der Waals surface area contributed by atoms with Crippen molar-refractivity contribution in [2.24, 2.45) is 0 Å². The number of nitrogens with zero attached hydrogens (tertiary/aromatic N) is 2. The number of carbonyl (C=O) groups is 1. The van der Waals surface area contributed by atoms with Gasteiger partial charge in [0, 0.05) is 26.2 Å². The maximum Gasteiger partial charge on any atom is 0.227 e. The number of rotatable bonds is 3. The van der Waals surface area contributed by atoms with Crippen LogP contribution in [0.5, 0.6) is 0 Å². The van der Waals surface area contributed by atoms with E-state index in [9.17, 15) is 4.79 Å². The molecule has 1 saturated heterocycles. The summed E-state index contributed by atoms with van der Waals surface area (Å²) in [6.45, 7) is 6.97. The van der Waals surface area contributed by atoms with E-state index in [1.54, 1.807) is 0 Å². The molecule has 0 radical (unpaired) electrons. The minimum atomic E-state index is 0.251. The quantitative estimate of drug-likeness (QED) is 0.864. The lowest BCUT2D eigenvalue weighted by molar-refractivity contribution is -0.132. The largest absolute Gasteiger partial charge is 0.340 e. The fourth-order valence-electron chi connectivity index (χ4n) is 2.95. The lowest BCUT2D eigenvalue weighted by Crippen LogP contribution is -2.48. The molecule has 3 nitrogen and oxygen atoms in total. The van der Waals surface area contributed by atoms with Gasteiger partial charge < -0.3 is 9.80 Å². The summed E-state index contributed by atoms with van der Waals surface area (Å²) in [5.41, 5.74) is 1.11. The minimum Gasteiger partial charge on any atom is -0.340 e. The molecule has 0 saturated carbocycles. The summed E-state index contributed by atoms with van der Waals surface area (Å²) in [6, 6.07) is 14.6. The standard InChI is InChI=1S/C18H22N2O/c1-2-19-9-11-20(12-10-19)18(21)14-15-7-8-16-5-3-4-6-17(16)13-15/h3-8,13H,2,9-12,14H2,1H3. The van der Waals surface area contributed by atoms with Gasteiger partial charge in [0.2, 0.25) is 5.91 Å². The highest BCUT2D eigenvalue weighted by Crippen LogP contribution is 2.16. The van der Waals surface area contributed by atoms with Gasteiger partial charge in [0.1, 0.15) is 0 Å². The zero-order valence-electron chi connectivity index (χ0n) is 12.6. The highest BCUT2D eigenvalue weighted by Gasteiger charge is 2.20. The second-order valence-electron chi connectivity index (χ2n) is 5.67. The Morgan fingerprint density at radius 1 is 1.00 bits per heavy atom. The van der Waals surface area contributed by atoms with Gasteiger partial charge in [0.15, 0.2) is 0 Å². The van der Waals surface area contributed by atoms with Gasteiger partial charge in [-0.3, -0.25) is 4.79 Å². The zero-order valence-corrected chi connectivity index (χ0v) is 12.6. The van der Waals surface area contributed by atoms with Crippen LogP contribution in [-0.4, -0.2) is 48.4 Å². The summed E-state index contributed by atoms with van der Waals surface area (Å²) in [5, 5.41) is 2.43. The Hall–Kier alpha value is -1.87. The van der Waals surface area contributed by atoms with Crippen LogP contribution in [0, 0.1) is 0 Å². The Bertz CT molecular complexity index is 630. The number of amides is 1. The molecule has 1 fully saturated rings. The molecule has 1 aliphatic rings. The van der Waals surface area contributed by atoms with Gasteiger partial charge in [-0.15, -0.1) is 0 Å². The summed E-state index contributed by atoms with van der Waals surface area (Å²) >= 11 is 0. The van der Waals surface area contributed by atoms with E-state index in [1.807, 2.05) is 17.0 Å². The third-order valence-electron chi connectivity index (χ3n) is 4.34. The van der Waals surface area contributed by atoms with Crippen LogP contribution in [0.4, 0.5) is 0 Å². The first-order valence-electron chi connectivity index (χ1n) is 7.74. The number of benzene rings is 2. The number of hydrogen-bond acceptors (Lipinski definition) is 2. The molecule has 21 heavy (non-hydrogen) atoms. The van der Waals surface area contributed by atoms with E-state index < -0.39 is 0 Å². The van der Waals surface area contributed by atoms with E-state index in [0.29, 0.717) is 6.42 Å². The van der Waals surface area contributed by atoms with Crippen LogP contribution >= 0.6 is 0 Å². The average molecular weight is 282 g/mol. The normalized spacial score (nSPS) is 16.3. The summed E-state index contributed by atoms with van der Waals surface area (Å²) in [6.07, 6.45) is 0.511. The predicted molar refractivity (Wildman–Crippen MR) is 86.3 cm³/mol. The summed E-state index contributed by atoms with van der Waals surface area (Å²) in [5.74, 6) is 0.251. The van der Waals surface area contributed by atoms with Crippen LogP contribution in [0.1, 0.15) is 12.5 Å². The third-order valence-corrected chi connectivity index (χ3v) is 4.34. The van der Waals surface area contributed by atoms with Crippen molar-refractivity contribution in [2.45, 2.75) is 13.3 Å². The molecule has 1 heterocycles. The molecule has 110 valence electrons. The van der Waals surface area contributed by atoms with Crippen molar-refractivity contribution in [3.05, 3.63) is 48.0 Å². The van der Waals surface area contributed by atoms with Crippen molar-refractivity contribution in [1.82, 2.24) is 9.80 Å². The molecule has 0 aromatic heterocycles. The molecule has 0 spiro atoms. The topological polar surface area (TPSA) is 23.6 Å². The van der Waals surface area contributed by atoms with Crippen LogP contribution in [0.2, 0.25) is 0 Å². The average Bonchev–Trinajstić information content (AvgIpc) is 2.55. The van der Waals surface area contributed by atoms with E-state index in [-0.39, 0.29) is 5.91 Å². The zero-order chi connectivity index (χ0) is 14.7. The number of likely N-dealkylation sites (N-methyl/N-ethyl adjacent to an activating group) is 1. The Morgan fingerprint density at radius 2 is 1.71 bits per heavy atom. The summed E-state index contributed by atoms with van der Waals surface area (Å²) in [4.78, 5) is 16.8. The molecule has 0 unspecified atom stereocenters. The number of carbonyl (C=O) groups excluding carboxylic acids is 1. The highest BCUT2D eigenvalue weighted by molar-refractivity contribution is 5.85. The summed E-state index contributed by atoms with van der Waals surface area (Å²) < 4.78 is 0. The number of hydrogen-bond donors (Lipinski definition) is 0. The predicted octanol–water partition coefficient (Wildman–Crippen LogP) is 2.55. The van der Waals surface area contributed by atoms with Crippen LogP contribution in [0.15, 0.2) is 42.5 Å². The maximum absolute atomic E-state index is 12.4. The van der Waals surface area contributed by atoms with Gasteiger partial charge in [-0.2, -0.15) is 0 Å². The van der Waals surface area contributed by atoms with Crippen LogP contribution in [0.25, 0.3) is 10.8 Å². The molecule has 2 aromatic rings. The van der Waals surface area contributed by atoms with E-state index >= 15 is 0 Å². The molecule has 0 aliphatic carbocycles. The van der Waals surface area contributed by atoms with Gasteiger partial charge in [-0.1, -0.05) is 49.4 Å². The minimum absolute atomic E-state index is 0.251. The second kappa shape index (κ2) is 6.27. The molecule has 0 atom stereocenters. The molecule has 3 heteroatoms. The first-order valence-corrected chi connectivity index (χ1v) is 7.74. The molecule has 1 aliphatic heterocycles. The van der Waals surface area contributed by atoms with Crippen molar-refractivity contribution in [3.63, 3.8) is 0 Å². The molecule has 0 N–H and O–H groups in total. The van der Waals surface area contributed by atoms with Crippen molar-refractivity contribution < 1.29 is 4.79 Å². The van der Waals surface area contributed by atoms with Crippen LogP contribution < -0.4 is 0 Å². The highest BCUT2D eigenvalue weighted by atomic mass is 16.2. The molecule has 1 amide bonds. The van der Waals surface area contributed by atoms with Gasteiger partial charge in [-0.25, -0.2) is 0 Å². The summed E-state index contributed by atoms with van der Waals surface area (Å²) in [7, 11) is 0. The van der Waals surface area contributed by atoms with Gasteiger partial charge in [0.05, 0.1) is 6.42 Å². The van der Waals surface area contributed by atoms with Crippen LogP contribution in [0.3, 0.4) is 0 Å². The van der Waals surface area contributed by atoms with E-state index in [4.69, 9.17) is 0 Å². The first-order chi connectivity index (χ1) is 10.3. The lowest BCUT2D eigenvalue weighted by Gasteiger charge is -2.34. The monoisotopic (exact) mass is 282 g/mol. The van der Waals surface area contributed by atoms with Gasteiger partial charge in [-0.05, 0) is 22.9 Å². The van der Waals surface area contributed by atoms with Crippen LogP contribution in [-0.2, 0) is 11.2 Å². The molecular weight excluding hydrogens is 260 g/mol. The Labute approximate surface area is 126 Å². The molecule has 2 aromatic carbocycles. The molecule has 0 bridgehead atoms. The molecule has 3 rings (SSSR count). The SMILES string of the molecule is CCN1CCN(C(=O)Cc2ccc3ccccc3c2)CC1. The Balaban J connectivity index is 1.66. The lowest BCUT2D eigenvalue weighted by atomic mass is 10.0. The molecular formula is C18H22N2O. The Kier molecular flexibility index (Phi) is 4.20. The Morgan fingerprint density at radius 3 is 2.43 bits per heavy atom. The van der Waals surface area contributed by atoms with Crippen molar-refractivity contribution >= 4 is 16.7 Å². The smallest absolute Gasteiger partial charge is 0.227 e. The van der Waals surface area contributed by atoms with E-state index in [1.165, 1.54) is 10.8 Å². The third kappa shape index (κ3) is 3.24. The first kappa shape index (κ1) is 14.1. The van der Waals surface area contributed by atoms with Crippen molar-refractivity contribution in [2.75, 3.05) is 32.7 Å². The fraction of sp³-hybridized carbons (Fsp3) is 0.389. The van der Waals surface area contributed by atoms with E-state index in [2.05, 4.69) is 42.2 Å². The van der Waals surface area contributed by atoms with Gasteiger partial charge >= 0.3 is 0 Å². The fourth-order valence-corrected chi connectivity index (χ4v) is 2.95. The number of fused-ring (bicyclic) bond motifs is 1. The van der Waals surface area contributed by atoms with Crippen molar-refractivity contribution in [1.29, 1.82) is 0 Å². The van der Waals surface area contributed by atoms with Gasteiger partial charge in [0.25, 0.3) is 0 Å².